The van der Waals surface area contributed by atoms with E-state index < -0.39 is 0 Å². The lowest BCUT2D eigenvalue weighted by molar-refractivity contribution is 0.241. The maximum absolute atomic E-state index is 6.06. The Morgan fingerprint density at radius 1 is 1.33 bits per heavy atom. The summed E-state index contributed by atoms with van der Waals surface area (Å²) in [5.41, 5.74) is 6.20. The molecule has 0 bridgehead atoms. The van der Waals surface area contributed by atoms with Crippen molar-refractivity contribution in [2.45, 2.75) is 31.7 Å². The molecule has 1 atom stereocenters. The fourth-order valence-corrected chi connectivity index (χ4v) is 1.87. The highest BCUT2D eigenvalue weighted by atomic mass is 16.5. The van der Waals surface area contributed by atoms with Gasteiger partial charge in [-0.15, -0.1) is 0 Å². The molecule has 2 rings (SSSR count). The maximum atomic E-state index is 6.06. The summed E-state index contributed by atoms with van der Waals surface area (Å²) in [5.74, 6) is 1.49. The van der Waals surface area contributed by atoms with Gasteiger partial charge in [0.05, 0.1) is 6.61 Å². The minimum atomic E-state index is 0.138. The third-order valence-electron chi connectivity index (χ3n) is 2.92. The molecule has 2 N–H and O–H groups in total. The first-order chi connectivity index (χ1) is 7.18. The quantitative estimate of drug-likeness (QED) is 0.802. The van der Waals surface area contributed by atoms with Gasteiger partial charge in [0, 0.05) is 5.54 Å². The Morgan fingerprint density at radius 2 is 2.00 bits per heavy atom. The Hall–Kier alpha value is -1.02. The van der Waals surface area contributed by atoms with Gasteiger partial charge < -0.3 is 10.5 Å². The second-order valence-corrected chi connectivity index (χ2v) is 4.80. The van der Waals surface area contributed by atoms with Crippen molar-refractivity contribution >= 4 is 0 Å². The van der Waals surface area contributed by atoms with Crippen molar-refractivity contribution in [1.29, 1.82) is 0 Å². The normalized spacial score (nSPS) is 19.6. The summed E-state index contributed by atoms with van der Waals surface area (Å²) >= 11 is 0. The van der Waals surface area contributed by atoms with Crippen LogP contribution in [0.4, 0.5) is 0 Å². The number of para-hydroxylation sites is 1. The molecule has 2 heteroatoms. The third kappa shape index (κ3) is 3.24. The van der Waals surface area contributed by atoms with Crippen molar-refractivity contribution in [2.24, 2.45) is 11.7 Å². The molecule has 0 aromatic heterocycles. The van der Waals surface area contributed by atoms with Gasteiger partial charge in [-0.1, -0.05) is 25.1 Å². The summed E-state index contributed by atoms with van der Waals surface area (Å²) in [6.07, 6.45) is 3.45. The predicted octanol–water partition coefficient (Wildman–Crippen LogP) is 2.58. The van der Waals surface area contributed by atoms with E-state index in [1.165, 1.54) is 12.8 Å². The maximum Gasteiger partial charge on any atom is 0.119 e. The molecule has 2 nitrogen and oxygen atoms in total. The average molecular weight is 205 g/mol. The molecule has 1 aromatic rings. The van der Waals surface area contributed by atoms with Crippen LogP contribution in [-0.2, 0) is 0 Å². The van der Waals surface area contributed by atoms with Crippen LogP contribution in [0.1, 0.15) is 26.2 Å². The number of benzene rings is 1. The molecule has 0 saturated heterocycles. The zero-order chi connectivity index (χ0) is 10.7. The molecule has 0 heterocycles. The van der Waals surface area contributed by atoms with E-state index in [2.05, 4.69) is 6.92 Å². The minimum Gasteiger partial charge on any atom is -0.493 e. The Kier molecular flexibility index (Phi) is 2.96. The smallest absolute Gasteiger partial charge is 0.119 e. The van der Waals surface area contributed by atoms with E-state index in [-0.39, 0.29) is 5.54 Å². The van der Waals surface area contributed by atoms with Crippen molar-refractivity contribution in [1.82, 2.24) is 0 Å². The molecule has 1 aliphatic rings. The summed E-state index contributed by atoms with van der Waals surface area (Å²) in [4.78, 5) is 0. The second-order valence-electron chi connectivity index (χ2n) is 4.80. The lowest BCUT2D eigenvalue weighted by atomic mass is 10.0. The predicted molar refractivity (Wildman–Crippen MR) is 61.9 cm³/mol. The van der Waals surface area contributed by atoms with Crippen LogP contribution in [0.5, 0.6) is 5.75 Å². The number of ether oxygens (including phenoxy) is 1. The SMILES string of the molecule is CC(COc1ccccc1)CC1(N)CC1. The fourth-order valence-electron chi connectivity index (χ4n) is 1.87. The first-order valence-corrected chi connectivity index (χ1v) is 5.65. The van der Waals surface area contributed by atoms with Crippen LogP contribution in [0.3, 0.4) is 0 Å². The molecular formula is C13H19NO. The molecule has 1 aromatic carbocycles. The van der Waals surface area contributed by atoms with Crippen LogP contribution in [0, 0.1) is 5.92 Å². The van der Waals surface area contributed by atoms with Crippen LogP contribution in [0.25, 0.3) is 0 Å². The number of nitrogens with two attached hydrogens (primary N) is 1. The minimum absolute atomic E-state index is 0.138. The molecule has 0 amide bonds. The molecule has 0 aliphatic heterocycles. The van der Waals surface area contributed by atoms with Gasteiger partial charge in [0.25, 0.3) is 0 Å². The van der Waals surface area contributed by atoms with Gasteiger partial charge in [-0.05, 0) is 37.3 Å². The highest BCUT2D eigenvalue weighted by molar-refractivity contribution is 5.20. The van der Waals surface area contributed by atoms with E-state index in [1.54, 1.807) is 0 Å². The van der Waals surface area contributed by atoms with E-state index in [0.717, 1.165) is 18.8 Å². The molecule has 0 spiro atoms. The number of hydrogen-bond donors (Lipinski definition) is 1. The topological polar surface area (TPSA) is 35.2 Å². The van der Waals surface area contributed by atoms with E-state index in [4.69, 9.17) is 10.5 Å². The monoisotopic (exact) mass is 205 g/mol. The van der Waals surface area contributed by atoms with Crippen LogP contribution in [-0.4, -0.2) is 12.1 Å². The summed E-state index contributed by atoms with van der Waals surface area (Å²) in [7, 11) is 0. The molecule has 1 fully saturated rings. The highest BCUT2D eigenvalue weighted by Gasteiger charge is 2.39. The van der Waals surface area contributed by atoms with Gasteiger partial charge in [0.1, 0.15) is 5.75 Å². The average Bonchev–Trinajstić information content (AvgIpc) is 2.95. The van der Waals surface area contributed by atoms with Gasteiger partial charge in [-0.3, -0.25) is 0 Å². The molecule has 0 radical (unpaired) electrons. The van der Waals surface area contributed by atoms with E-state index in [0.29, 0.717) is 5.92 Å². The molecule has 1 unspecified atom stereocenters. The molecular weight excluding hydrogens is 186 g/mol. The third-order valence-corrected chi connectivity index (χ3v) is 2.92. The Balaban J connectivity index is 1.73. The van der Waals surface area contributed by atoms with E-state index in [9.17, 15) is 0 Å². The van der Waals surface area contributed by atoms with Crippen molar-refractivity contribution in [2.75, 3.05) is 6.61 Å². The Labute approximate surface area is 91.4 Å². The van der Waals surface area contributed by atoms with Crippen LogP contribution in [0.2, 0.25) is 0 Å². The lowest BCUT2D eigenvalue weighted by Gasteiger charge is -2.16. The summed E-state index contributed by atoms with van der Waals surface area (Å²) in [6, 6.07) is 9.95. The second kappa shape index (κ2) is 4.23. The van der Waals surface area contributed by atoms with Crippen LogP contribution in [0.15, 0.2) is 30.3 Å². The van der Waals surface area contributed by atoms with Crippen molar-refractivity contribution in [3.63, 3.8) is 0 Å². The number of hydrogen-bond acceptors (Lipinski definition) is 2. The van der Waals surface area contributed by atoms with Crippen molar-refractivity contribution < 1.29 is 4.74 Å². The zero-order valence-corrected chi connectivity index (χ0v) is 9.28. The van der Waals surface area contributed by atoms with E-state index in [1.807, 2.05) is 30.3 Å². The molecule has 1 saturated carbocycles. The lowest BCUT2D eigenvalue weighted by Crippen LogP contribution is -2.26. The number of rotatable bonds is 5. The fraction of sp³-hybridized carbons (Fsp3) is 0.538. The Bertz CT molecular complexity index is 306. The van der Waals surface area contributed by atoms with Crippen LogP contribution < -0.4 is 10.5 Å². The first-order valence-electron chi connectivity index (χ1n) is 5.65. The largest absolute Gasteiger partial charge is 0.493 e. The summed E-state index contributed by atoms with van der Waals surface area (Å²) in [5, 5.41) is 0. The van der Waals surface area contributed by atoms with Gasteiger partial charge >= 0.3 is 0 Å². The van der Waals surface area contributed by atoms with Gasteiger partial charge in [0.15, 0.2) is 0 Å². The standard InChI is InChI=1S/C13H19NO/c1-11(9-13(14)7-8-13)10-15-12-5-3-2-4-6-12/h2-6,11H,7-10,14H2,1H3. The van der Waals surface area contributed by atoms with Gasteiger partial charge in [-0.2, -0.15) is 0 Å². The van der Waals surface area contributed by atoms with Crippen molar-refractivity contribution in [3.05, 3.63) is 30.3 Å². The molecule has 1 aliphatic carbocycles. The molecule has 15 heavy (non-hydrogen) atoms. The highest BCUT2D eigenvalue weighted by Crippen LogP contribution is 2.38. The first kappa shape index (κ1) is 10.5. The van der Waals surface area contributed by atoms with E-state index >= 15 is 0 Å². The zero-order valence-electron chi connectivity index (χ0n) is 9.28. The Morgan fingerprint density at radius 3 is 2.60 bits per heavy atom. The summed E-state index contributed by atoms with van der Waals surface area (Å²) < 4.78 is 5.69. The summed E-state index contributed by atoms with van der Waals surface area (Å²) in [6.45, 7) is 2.97. The van der Waals surface area contributed by atoms with Gasteiger partial charge in [0.2, 0.25) is 0 Å². The molecule has 82 valence electrons. The van der Waals surface area contributed by atoms with Gasteiger partial charge in [-0.25, -0.2) is 0 Å². The van der Waals surface area contributed by atoms with Crippen LogP contribution >= 0.6 is 0 Å². The van der Waals surface area contributed by atoms with Crippen molar-refractivity contribution in [3.8, 4) is 5.75 Å².